The van der Waals surface area contributed by atoms with E-state index < -0.39 is 26.6 Å². The van der Waals surface area contributed by atoms with E-state index in [0.29, 0.717) is 17.4 Å². The highest BCUT2D eigenvalue weighted by Gasteiger charge is 2.23. The predicted octanol–water partition coefficient (Wildman–Crippen LogP) is 8.66. The maximum atomic E-state index is 12.7. The average Bonchev–Trinajstić information content (AvgIpc) is 3.02. The minimum atomic E-state index is -4.59. The van der Waals surface area contributed by atoms with Gasteiger partial charge in [-0.1, -0.05) is 112 Å². The van der Waals surface area contributed by atoms with Crippen molar-refractivity contribution in [3.05, 3.63) is 72.9 Å². The van der Waals surface area contributed by atoms with Crippen molar-refractivity contribution in [1.29, 1.82) is 0 Å². The first-order chi connectivity index (χ1) is 23.0. The van der Waals surface area contributed by atoms with Crippen LogP contribution in [0, 0.1) is 0 Å². The van der Waals surface area contributed by atoms with E-state index in [2.05, 4.69) is 66.9 Å². The van der Waals surface area contributed by atoms with E-state index in [1.807, 2.05) is 40.2 Å². The summed E-state index contributed by atoms with van der Waals surface area (Å²) in [5, 5.41) is 13.6. The van der Waals surface area contributed by atoms with Gasteiger partial charge in [0.1, 0.15) is 13.2 Å². The third-order valence-corrected chi connectivity index (χ3v) is 8.44. The Morgan fingerprint density at radius 3 is 1.94 bits per heavy atom. The Balaban J connectivity index is 4.53. The van der Waals surface area contributed by atoms with E-state index in [1.165, 1.54) is 19.3 Å². The molecule has 0 spiro atoms. The highest BCUT2D eigenvalue weighted by Crippen LogP contribution is 2.38. The summed E-state index contributed by atoms with van der Waals surface area (Å²) in [6.45, 7) is 4.22. The standard InChI is InChI=1S/C39H69N2O6P/c1-6-8-10-12-14-16-17-18-19-20-21-22-23-25-27-29-31-33-39(43)40-37(36-47-48(44,45)46-35-34-41(3,4)5)38(42)32-30-28-26-24-15-13-11-9-7-2/h7-10,14-16,18-19,24,30,32,37-38,42H,6,11-13,17,20-23,25-29,31,33-36H2,1-5H3,(H-,40,43,44,45)/b9-7+,10-8-,16-14-,19-18-,24-15+,32-30+. The number of phosphoric ester groups is 1. The summed E-state index contributed by atoms with van der Waals surface area (Å²) in [7, 11) is 1.21. The molecule has 0 fully saturated rings. The van der Waals surface area contributed by atoms with Crippen molar-refractivity contribution < 1.29 is 32.9 Å². The van der Waals surface area contributed by atoms with Crippen LogP contribution in [0.1, 0.15) is 117 Å². The second kappa shape index (κ2) is 31.0. The Bertz CT molecular complexity index is 1010. The van der Waals surface area contributed by atoms with Gasteiger partial charge in [-0.05, 0) is 71.1 Å². The molecule has 0 aromatic carbocycles. The highest BCUT2D eigenvalue weighted by molar-refractivity contribution is 7.45. The fourth-order valence-corrected chi connectivity index (χ4v) is 5.28. The van der Waals surface area contributed by atoms with Gasteiger partial charge in [0.05, 0.1) is 39.9 Å². The molecule has 0 heterocycles. The van der Waals surface area contributed by atoms with Gasteiger partial charge in [0, 0.05) is 6.42 Å². The maximum absolute atomic E-state index is 12.7. The van der Waals surface area contributed by atoms with Gasteiger partial charge in [0.15, 0.2) is 0 Å². The smallest absolute Gasteiger partial charge is 0.268 e. The summed E-state index contributed by atoms with van der Waals surface area (Å²) in [4.78, 5) is 25.1. The highest BCUT2D eigenvalue weighted by atomic mass is 31.2. The normalized spacial score (nSPS) is 15.6. The monoisotopic (exact) mass is 692 g/mol. The minimum absolute atomic E-state index is 0.0154. The molecule has 0 aliphatic carbocycles. The Morgan fingerprint density at radius 1 is 0.771 bits per heavy atom. The number of hydrogen-bond acceptors (Lipinski definition) is 6. The second-order valence-corrected chi connectivity index (χ2v) is 14.6. The zero-order valence-electron chi connectivity index (χ0n) is 30.9. The Morgan fingerprint density at radius 2 is 1.31 bits per heavy atom. The molecule has 48 heavy (non-hydrogen) atoms. The number of aliphatic hydroxyl groups is 1. The molecule has 0 aromatic rings. The first kappa shape index (κ1) is 45.9. The number of quaternary nitrogens is 1. The van der Waals surface area contributed by atoms with Crippen molar-refractivity contribution in [1.82, 2.24) is 5.32 Å². The first-order valence-electron chi connectivity index (χ1n) is 18.3. The van der Waals surface area contributed by atoms with Crippen LogP contribution in [0.3, 0.4) is 0 Å². The molecule has 0 bridgehead atoms. The largest absolute Gasteiger partial charge is 0.756 e. The number of rotatable bonds is 31. The number of unbranched alkanes of at least 4 members (excludes halogenated alkanes) is 9. The lowest BCUT2D eigenvalue weighted by Crippen LogP contribution is -2.45. The Kier molecular flexibility index (Phi) is 29.6. The van der Waals surface area contributed by atoms with E-state index in [0.717, 1.165) is 77.0 Å². The van der Waals surface area contributed by atoms with Crippen LogP contribution in [-0.4, -0.2) is 68.5 Å². The van der Waals surface area contributed by atoms with Gasteiger partial charge in [-0.2, -0.15) is 0 Å². The molecule has 3 atom stereocenters. The molecular formula is C39H69N2O6P. The molecule has 0 saturated heterocycles. The zero-order valence-corrected chi connectivity index (χ0v) is 31.8. The number of hydrogen-bond donors (Lipinski definition) is 2. The second-order valence-electron chi connectivity index (χ2n) is 13.2. The van der Waals surface area contributed by atoms with Crippen LogP contribution >= 0.6 is 7.82 Å². The van der Waals surface area contributed by atoms with Gasteiger partial charge >= 0.3 is 0 Å². The number of amides is 1. The molecule has 0 aliphatic rings. The molecule has 0 aromatic heterocycles. The minimum Gasteiger partial charge on any atom is -0.756 e. The maximum Gasteiger partial charge on any atom is 0.268 e. The SMILES string of the molecule is C/C=C/CC/C=C/CC/C=C/C(O)C(COP(=O)([O-])OCC[N+](C)(C)C)NC(=O)CCCCCCCCC/C=C\C/C=C\C/C=C\CC. The van der Waals surface area contributed by atoms with Crippen molar-refractivity contribution in [2.45, 2.75) is 129 Å². The molecule has 276 valence electrons. The summed E-state index contributed by atoms with van der Waals surface area (Å²) in [5.74, 6) is -0.231. The Hall–Kier alpha value is -2.06. The lowest BCUT2D eigenvalue weighted by molar-refractivity contribution is -0.870. The van der Waals surface area contributed by atoms with E-state index in [4.69, 9.17) is 9.05 Å². The number of nitrogens with zero attached hydrogens (tertiary/aromatic N) is 1. The summed E-state index contributed by atoms with van der Waals surface area (Å²) >= 11 is 0. The summed E-state index contributed by atoms with van der Waals surface area (Å²) in [6.07, 6.45) is 39.7. The van der Waals surface area contributed by atoms with Crippen molar-refractivity contribution in [3.8, 4) is 0 Å². The predicted molar refractivity (Wildman–Crippen MR) is 200 cm³/mol. The first-order valence-corrected chi connectivity index (χ1v) is 19.7. The number of carbonyl (C=O) groups excluding carboxylic acids is 1. The molecule has 1 amide bonds. The number of carbonyl (C=O) groups is 1. The van der Waals surface area contributed by atoms with Crippen LogP contribution in [0.25, 0.3) is 0 Å². The van der Waals surface area contributed by atoms with Crippen LogP contribution in [0.15, 0.2) is 72.9 Å². The molecule has 2 N–H and O–H groups in total. The molecular weight excluding hydrogens is 623 g/mol. The molecule has 0 rings (SSSR count). The fraction of sp³-hybridized carbons (Fsp3) is 0.667. The number of aliphatic hydroxyl groups excluding tert-OH is 1. The van der Waals surface area contributed by atoms with Crippen LogP contribution < -0.4 is 10.2 Å². The van der Waals surface area contributed by atoms with Gasteiger partial charge < -0.3 is 28.8 Å². The topological polar surface area (TPSA) is 108 Å². The number of likely N-dealkylation sites (N-methyl/N-ethyl adjacent to an activating group) is 1. The summed E-state index contributed by atoms with van der Waals surface area (Å²) in [6, 6.07) is -0.914. The lowest BCUT2D eigenvalue weighted by atomic mass is 10.1. The molecule has 0 radical (unpaired) electrons. The molecule has 8 nitrogen and oxygen atoms in total. The van der Waals surface area contributed by atoms with Crippen molar-refractivity contribution in [3.63, 3.8) is 0 Å². The molecule has 0 aliphatic heterocycles. The van der Waals surface area contributed by atoms with Crippen molar-refractivity contribution in [2.24, 2.45) is 0 Å². The summed E-state index contributed by atoms with van der Waals surface area (Å²) < 4.78 is 23.0. The van der Waals surface area contributed by atoms with Crippen LogP contribution in [0.2, 0.25) is 0 Å². The molecule has 3 unspecified atom stereocenters. The number of allylic oxidation sites excluding steroid dienone is 11. The van der Waals surface area contributed by atoms with Gasteiger partial charge in [-0.3, -0.25) is 9.36 Å². The van der Waals surface area contributed by atoms with Gasteiger partial charge in [0.2, 0.25) is 5.91 Å². The quantitative estimate of drug-likeness (QED) is 0.0326. The van der Waals surface area contributed by atoms with Crippen LogP contribution in [0.5, 0.6) is 0 Å². The lowest BCUT2D eigenvalue weighted by Gasteiger charge is -2.29. The average molecular weight is 693 g/mol. The molecule has 9 heteroatoms. The molecule has 0 saturated carbocycles. The van der Waals surface area contributed by atoms with E-state index in [1.54, 1.807) is 6.08 Å². The van der Waals surface area contributed by atoms with E-state index in [9.17, 15) is 19.4 Å². The van der Waals surface area contributed by atoms with Crippen LogP contribution in [-0.2, 0) is 18.4 Å². The van der Waals surface area contributed by atoms with E-state index in [-0.39, 0.29) is 12.5 Å². The van der Waals surface area contributed by atoms with E-state index >= 15 is 0 Å². The number of phosphoric acid groups is 1. The zero-order chi connectivity index (χ0) is 35.8. The fourth-order valence-electron chi connectivity index (χ4n) is 4.56. The van der Waals surface area contributed by atoms with Crippen LogP contribution in [0.4, 0.5) is 0 Å². The van der Waals surface area contributed by atoms with Crippen molar-refractivity contribution >= 4 is 13.7 Å². The van der Waals surface area contributed by atoms with Gasteiger partial charge in [-0.25, -0.2) is 0 Å². The summed E-state index contributed by atoms with van der Waals surface area (Å²) in [5.41, 5.74) is 0. The third-order valence-electron chi connectivity index (χ3n) is 7.47. The van der Waals surface area contributed by atoms with Crippen molar-refractivity contribution in [2.75, 3.05) is 40.9 Å². The number of nitrogens with one attached hydrogen (secondary N) is 1. The Labute approximate surface area is 294 Å². The van der Waals surface area contributed by atoms with Gasteiger partial charge in [0.25, 0.3) is 7.82 Å². The third kappa shape index (κ3) is 32.5. The van der Waals surface area contributed by atoms with Gasteiger partial charge in [-0.15, -0.1) is 0 Å².